The van der Waals surface area contributed by atoms with Crippen molar-refractivity contribution in [2.75, 3.05) is 13.2 Å². The smallest absolute Gasteiger partial charge is 0.341 e. The fourth-order valence-electron chi connectivity index (χ4n) is 2.31. The van der Waals surface area contributed by atoms with Gasteiger partial charge < -0.3 is 9.47 Å². The number of H-pyrrole nitrogens is 2. The van der Waals surface area contributed by atoms with Crippen LogP contribution in [0, 0.1) is 13.8 Å². The number of aromatic nitrogens is 4. The molecule has 0 aliphatic carbocycles. The first kappa shape index (κ1) is 20.4. The number of carbonyl (C=O) groups is 2. The van der Waals surface area contributed by atoms with Gasteiger partial charge in [-0.3, -0.25) is 10.2 Å². The standard InChI is InChI=1S/C16H22N4O4S2/c1-5-23-15(21)13-9(3)17-19-11(13)7-25-26-8-12-14(10(4)18-20-12)16(22)24-6-2/h5-8H2,1-4H3,(H,17,19)(H,18,20). The van der Waals surface area contributed by atoms with E-state index in [0.29, 0.717) is 58.6 Å². The second kappa shape index (κ2) is 9.67. The van der Waals surface area contributed by atoms with E-state index in [1.165, 1.54) is 21.6 Å². The zero-order valence-electron chi connectivity index (χ0n) is 15.2. The zero-order chi connectivity index (χ0) is 19.1. The molecule has 0 aromatic carbocycles. The van der Waals surface area contributed by atoms with E-state index < -0.39 is 0 Å². The minimum atomic E-state index is -0.369. The number of hydrogen-bond donors (Lipinski definition) is 2. The van der Waals surface area contributed by atoms with Crippen molar-refractivity contribution in [3.63, 3.8) is 0 Å². The molecule has 2 aromatic heterocycles. The third kappa shape index (κ3) is 4.82. The van der Waals surface area contributed by atoms with Crippen molar-refractivity contribution in [1.29, 1.82) is 0 Å². The Balaban J connectivity index is 1.95. The molecule has 0 unspecified atom stereocenters. The van der Waals surface area contributed by atoms with Crippen LogP contribution >= 0.6 is 21.6 Å². The Morgan fingerprint density at radius 3 is 1.58 bits per heavy atom. The van der Waals surface area contributed by atoms with Crippen molar-refractivity contribution in [2.45, 2.75) is 39.2 Å². The largest absolute Gasteiger partial charge is 0.462 e. The van der Waals surface area contributed by atoms with Gasteiger partial charge in [0.1, 0.15) is 11.1 Å². The molecule has 142 valence electrons. The SMILES string of the molecule is CCOC(=O)c1c(CSSCc2n[nH]c(C)c2C(=O)OCC)n[nH]c1C. The van der Waals surface area contributed by atoms with Gasteiger partial charge in [-0.05, 0) is 27.7 Å². The summed E-state index contributed by atoms with van der Waals surface area (Å²) >= 11 is 0. The summed E-state index contributed by atoms with van der Waals surface area (Å²) in [4.78, 5) is 24.0. The van der Waals surface area contributed by atoms with Gasteiger partial charge in [0.15, 0.2) is 0 Å². The van der Waals surface area contributed by atoms with Gasteiger partial charge in [0.25, 0.3) is 0 Å². The van der Waals surface area contributed by atoms with Crippen molar-refractivity contribution in [3.8, 4) is 0 Å². The number of aryl methyl sites for hydroxylation is 2. The first-order valence-electron chi connectivity index (χ1n) is 8.15. The summed E-state index contributed by atoms with van der Waals surface area (Å²) in [6, 6.07) is 0. The fraction of sp³-hybridized carbons (Fsp3) is 0.500. The van der Waals surface area contributed by atoms with Gasteiger partial charge in [-0.1, -0.05) is 21.6 Å². The first-order valence-corrected chi connectivity index (χ1v) is 10.6. The van der Waals surface area contributed by atoms with E-state index in [2.05, 4.69) is 20.4 Å². The molecule has 2 aromatic rings. The number of rotatable bonds is 9. The molecule has 2 N–H and O–H groups in total. The monoisotopic (exact) mass is 398 g/mol. The van der Waals surface area contributed by atoms with Crippen LogP contribution in [0.2, 0.25) is 0 Å². The molecular weight excluding hydrogens is 376 g/mol. The molecule has 0 fully saturated rings. The van der Waals surface area contributed by atoms with Crippen molar-refractivity contribution in [3.05, 3.63) is 33.9 Å². The molecule has 0 amide bonds. The Bertz CT molecular complexity index is 708. The predicted octanol–water partition coefficient (Wildman–Crippen LogP) is 3.18. The van der Waals surface area contributed by atoms with Gasteiger partial charge in [-0.2, -0.15) is 10.2 Å². The highest BCUT2D eigenvalue weighted by atomic mass is 33.1. The lowest BCUT2D eigenvalue weighted by atomic mass is 10.2. The lowest BCUT2D eigenvalue weighted by Crippen LogP contribution is -2.08. The van der Waals surface area contributed by atoms with Gasteiger partial charge >= 0.3 is 11.9 Å². The molecule has 0 aliphatic rings. The fourth-order valence-corrected chi connectivity index (χ4v) is 4.29. The van der Waals surface area contributed by atoms with Gasteiger partial charge in [0, 0.05) is 22.9 Å². The molecule has 0 saturated carbocycles. The van der Waals surface area contributed by atoms with Crippen LogP contribution in [0.4, 0.5) is 0 Å². The van der Waals surface area contributed by atoms with E-state index >= 15 is 0 Å². The summed E-state index contributed by atoms with van der Waals surface area (Å²) in [7, 11) is 3.06. The van der Waals surface area contributed by atoms with Crippen LogP contribution < -0.4 is 0 Å². The molecular formula is C16H22N4O4S2. The molecule has 0 saturated heterocycles. The molecule has 0 radical (unpaired) electrons. The summed E-state index contributed by atoms with van der Waals surface area (Å²) in [6.07, 6.45) is 0. The van der Waals surface area contributed by atoms with E-state index in [-0.39, 0.29) is 11.9 Å². The maximum atomic E-state index is 12.0. The summed E-state index contributed by atoms with van der Waals surface area (Å²) in [5, 5.41) is 14.0. The van der Waals surface area contributed by atoms with Crippen LogP contribution in [-0.4, -0.2) is 45.5 Å². The lowest BCUT2D eigenvalue weighted by Gasteiger charge is -2.05. The van der Waals surface area contributed by atoms with Gasteiger partial charge in [0.05, 0.1) is 24.6 Å². The van der Waals surface area contributed by atoms with Crippen molar-refractivity contribution >= 4 is 33.5 Å². The number of ether oxygens (including phenoxy) is 2. The number of carbonyl (C=O) groups excluding carboxylic acids is 2. The van der Waals surface area contributed by atoms with Crippen molar-refractivity contribution < 1.29 is 19.1 Å². The Morgan fingerprint density at radius 2 is 1.23 bits per heavy atom. The number of nitrogens with zero attached hydrogens (tertiary/aromatic N) is 2. The number of esters is 2. The van der Waals surface area contributed by atoms with Crippen LogP contribution in [-0.2, 0) is 21.0 Å². The third-order valence-corrected chi connectivity index (χ3v) is 5.63. The third-order valence-electron chi connectivity index (χ3n) is 3.48. The first-order chi connectivity index (χ1) is 12.5. The average Bonchev–Trinajstić information content (AvgIpc) is 3.15. The highest BCUT2D eigenvalue weighted by molar-refractivity contribution is 8.76. The summed E-state index contributed by atoms with van der Waals surface area (Å²) < 4.78 is 10.1. The minimum absolute atomic E-state index is 0.319. The Kier molecular flexibility index (Phi) is 7.58. The van der Waals surface area contributed by atoms with Crippen LogP contribution in [0.15, 0.2) is 0 Å². The minimum Gasteiger partial charge on any atom is -0.462 e. The Labute approximate surface area is 159 Å². The molecule has 0 atom stereocenters. The Hall–Kier alpha value is -1.94. The molecule has 10 heteroatoms. The topological polar surface area (TPSA) is 110 Å². The number of hydrogen-bond acceptors (Lipinski definition) is 8. The summed E-state index contributed by atoms with van der Waals surface area (Å²) in [5.74, 6) is 0.321. The second-order valence-corrected chi connectivity index (χ2v) is 7.77. The van der Waals surface area contributed by atoms with Crippen LogP contribution in [0.25, 0.3) is 0 Å². The van der Waals surface area contributed by atoms with E-state index in [1.54, 1.807) is 27.7 Å². The highest BCUT2D eigenvalue weighted by Gasteiger charge is 2.21. The normalized spacial score (nSPS) is 10.8. The summed E-state index contributed by atoms with van der Waals surface area (Å²) in [5.41, 5.74) is 3.67. The molecule has 0 bridgehead atoms. The zero-order valence-corrected chi connectivity index (χ0v) is 16.8. The van der Waals surface area contributed by atoms with E-state index in [9.17, 15) is 9.59 Å². The van der Waals surface area contributed by atoms with Gasteiger partial charge in [-0.25, -0.2) is 9.59 Å². The molecule has 0 spiro atoms. The molecule has 0 aliphatic heterocycles. The second-order valence-electron chi connectivity index (χ2n) is 5.31. The molecule has 2 rings (SSSR count). The average molecular weight is 399 g/mol. The Morgan fingerprint density at radius 1 is 0.846 bits per heavy atom. The molecule has 2 heterocycles. The van der Waals surface area contributed by atoms with Crippen LogP contribution in [0.3, 0.4) is 0 Å². The van der Waals surface area contributed by atoms with Gasteiger partial charge in [-0.15, -0.1) is 0 Å². The predicted molar refractivity (Wildman–Crippen MR) is 101 cm³/mol. The maximum absolute atomic E-state index is 12.0. The molecule has 26 heavy (non-hydrogen) atoms. The lowest BCUT2D eigenvalue weighted by molar-refractivity contribution is 0.0514. The van der Waals surface area contributed by atoms with E-state index in [0.717, 1.165) is 0 Å². The number of nitrogens with one attached hydrogen (secondary N) is 2. The van der Waals surface area contributed by atoms with Crippen molar-refractivity contribution in [2.24, 2.45) is 0 Å². The van der Waals surface area contributed by atoms with E-state index in [1.807, 2.05) is 0 Å². The highest BCUT2D eigenvalue weighted by Crippen LogP contribution is 2.31. The quantitative estimate of drug-likeness (QED) is 0.376. The van der Waals surface area contributed by atoms with Crippen LogP contribution in [0.5, 0.6) is 0 Å². The van der Waals surface area contributed by atoms with Gasteiger partial charge in [0.2, 0.25) is 0 Å². The van der Waals surface area contributed by atoms with Crippen molar-refractivity contribution in [1.82, 2.24) is 20.4 Å². The van der Waals surface area contributed by atoms with E-state index in [4.69, 9.17) is 9.47 Å². The molecule has 8 nitrogen and oxygen atoms in total. The number of aromatic amines is 2. The van der Waals surface area contributed by atoms with Crippen LogP contribution in [0.1, 0.15) is 57.3 Å². The maximum Gasteiger partial charge on any atom is 0.341 e. The summed E-state index contributed by atoms with van der Waals surface area (Å²) in [6.45, 7) is 7.76.